The van der Waals surface area contributed by atoms with Crippen molar-refractivity contribution in [2.45, 2.75) is 51.7 Å². The van der Waals surface area contributed by atoms with Crippen LogP contribution in [0.15, 0.2) is 43.0 Å². The summed E-state index contributed by atoms with van der Waals surface area (Å²) in [6, 6.07) is 10.2. The van der Waals surface area contributed by atoms with E-state index >= 15 is 0 Å². The molecule has 0 spiro atoms. The Morgan fingerprint density at radius 2 is 1.76 bits per heavy atom. The van der Waals surface area contributed by atoms with Gasteiger partial charge in [-0.2, -0.15) is 5.26 Å². The molecule has 0 radical (unpaired) electrons. The number of carbonyl (C=O) groups is 3. The fourth-order valence-corrected chi connectivity index (χ4v) is 5.40. The lowest BCUT2D eigenvalue weighted by molar-refractivity contribution is -0.166. The molecular formula is C25H27N6O10P. The molecule has 1 N–H and O–H groups in total. The van der Waals surface area contributed by atoms with E-state index in [2.05, 4.69) is 20.0 Å². The predicted octanol–water partition coefficient (Wildman–Crippen LogP) is 2.68. The van der Waals surface area contributed by atoms with Crippen LogP contribution in [-0.4, -0.2) is 69.0 Å². The minimum absolute atomic E-state index is 0.0370. The van der Waals surface area contributed by atoms with Crippen molar-refractivity contribution in [2.24, 2.45) is 0 Å². The van der Waals surface area contributed by atoms with Gasteiger partial charge >= 0.3 is 25.7 Å². The van der Waals surface area contributed by atoms with Crippen LogP contribution in [0.1, 0.15) is 33.4 Å². The van der Waals surface area contributed by atoms with Crippen LogP contribution in [-0.2, 0) is 42.4 Å². The van der Waals surface area contributed by atoms with Crippen LogP contribution in [0.2, 0.25) is 0 Å². The molecule has 1 unspecified atom stereocenters. The number of ether oxygens (including phenoxy) is 4. The molecule has 2 aromatic heterocycles. The Bertz CT molecular complexity index is 1530. The Morgan fingerprint density at radius 3 is 2.43 bits per heavy atom. The van der Waals surface area contributed by atoms with Crippen molar-refractivity contribution in [3.63, 3.8) is 0 Å². The highest BCUT2D eigenvalue weighted by atomic mass is 31.2. The second-order valence-electron chi connectivity index (χ2n) is 8.82. The van der Waals surface area contributed by atoms with E-state index in [4.69, 9.17) is 33.3 Å². The number of carbonyl (C=O) groups excluding carboxylic acids is 3. The van der Waals surface area contributed by atoms with Gasteiger partial charge in [0.2, 0.25) is 0 Å². The van der Waals surface area contributed by atoms with Crippen LogP contribution in [0.4, 0.5) is 5.82 Å². The number of esters is 3. The number of benzene rings is 1. The number of aromatic nitrogens is 4. The zero-order valence-corrected chi connectivity index (χ0v) is 23.6. The average Bonchev–Trinajstić information content (AvgIpc) is 3.49. The fraction of sp³-hybridized carbons (Fsp3) is 0.400. The van der Waals surface area contributed by atoms with Crippen molar-refractivity contribution in [1.82, 2.24) is 19.5 Å². The van der Waals surface area contributed by atoms with Crippen LogP contribution < -0.4 is 9.61 Å². The topological polar surface area (TPSA) is 203 Å². The maximum absolute atomic E-state index is 13.7. The first-order valence-corrected chi connectivity index (χ1v) is 14.1. The number of nitriles is 1. The van der Waals surface area contributed by atoms with E-state index in [-0.39, 0.29) is 42.4 Å². The average molecular weight is 602 g/mol. The number of rotatable bonds is 12. The van der Waals surface area contributed by atoms with Crippen LogP contribution in [0.5, 0.6) is 5.75 Å². The first kappa shape index (κ1) is 30.4. The monoisotopic (exact) mass is 602 g/mol. The molecule has 5 atom stereocenters. The van der Waals surface area contributed by atoms with Gasteiger partial charge in [-0.15, -0.1) is 0 Å². The lowest BCUT2D eigenvalue weighted by Gasteiger charge is -2.23. The molecule has 17 heteroatoms. The second kappa shape index (κ2) is 13.4. The first-order chi connectivity index (χ1) is 20.1. The Kier molecular flexibility index (Phi) is 9.68. The van der Waals surface area contributed by atoms with Gasteiger partial charge in [0.1, 0.15) is 24.8 Å². The van der Waals surface area contributed by atoms with E-state index < -0.39 is 50.2 Å². The molecule has 1 aliphatic heterocycles. The normalized spacial score (nSPS) is 21.1. The zero-order valence-electron chi connectivity index (χ0n) is 22.7. The molecule has 1 saturated heterocycles. The molecule has 1 fully saturated rings. The van der Waals surface area contributed by atoms with E-state index in [9.17, 15) is 18.9 Å². The number of para-hydroxylation sites is 1. The van der Waals surface area contributed by atoms with Crippen LogP contribution in [0.25, 0.3) is 11.2 Å². The molecular weight excluding hydrogens is 575 g/mol. The minimum atomic E-state index is -4.15. The highest BCUT2D eigenvalue weighted by Gasteiger charge is 2.51. The van der Waals surface area contributed by atoms with E-state index in [0.29, 0.717) is 0 Å². The summed E-state index contributed by atoms with van der Waals surface area (Å²) in [5, 5.41) is 11.6. The van der Waals surface area contributed by atoms with Crippen molar-refractivity contribution < 1.29 is 46.9 Å². The number of fused-ring (bicyclic) bond motifs is 1. The quantitative estimate of drug-likeness (QED) is 0.137. The summed E-state index contributed by atoms with van der Waals surface area (Å²) in [6.45, 7) is 3.06. The lowest BCUT2D eigenvalue weighted by atomic mass is 10.1. The summed E-state index contributed by atoms with van der Waals surface area (Å²) >= 11 is 0. The second-order valence-corrected chi connectivity index (χ2v) is 10.5. The molecule has 0 bridgehead atoms. The van der Waals surface area contributed by atoms with E-state index in [1.165, 1.54) is 31.7 Å². The molecule has 1 aliphatic rings. The highest BCUT2D eigenvalue weighted by molar-refractivity contribution is 7.55. The van der Waals surface area contributed by atoms with Crippen molar-refractivity contribution in [3.05, 3.63) is 43.0 Å². The summed E-state index contributed by atoms with van der Waals surface area (Å²) in [7, 11) is -4.15. The molecule has 16 nitrogen and oxygen atoms in total. The SMILES string of the molecule is CC(=O)OC[C@H]1O[C@@H](n2cnc3c(NP(=O)(OCCC#N)Oc4ccccc4)ncnc32)[C@H](OC(C)=O)[C@@H]1OC(C)=O. The van der Waals surface area contributed by atoms with Gasteiger partial charge in [0.05, 0.1) is 25.4 Å². The van der Waals surface area contributed by atoms with Crippen LogP contribution >= 0.6 is 7.75 Å². The van der Waals surface area contributed by atoms with Crippen molar-refractivity contribution in [1.29, 1.82) is 5.26 Å². The molecule has 4 rings (SSSR count). The standard InChI is InChI=1S/C25H27N6O10P/c1-15(32)36-12-19-21(38-16(2)33)22(39-17(3)34)25(40-19)31-14-29-20-23(27-13-28-24(20)31)30-42(35,37-11-7-10-26)41-18-8-5-4-6-9-18/h4-6,8-9,13-14,19,21-22,25H,7,11-12H2,1-3H3,(H,27,28,30,35)/t19-,21-,22-,25-,42?/m1/s1. The number of anilines is 1. The maximum Gasteiger partial charge on any atom is 0.487 e. The Balaban J connectivity index is 1.69. The number of hydrogen-bond donors (Lipinski definition) is 1. The number of imidazole rings is 1. The zero-order chi connectivity index (χ0) is 30.3. The summed E-state index contributed by atoms with van der Waals surface area (Å²) in [6.07, 6.45) is -2.04. The summed E-state index contributed by atoms with van der Waals surface area (Å²) in [5.74, 6) is -1.76. The van der Waals surface area contributed by atoms with Crippen molar-refractivity contribution >= 4 is 42.6 Å². The van der Waals surface area contributed by atoms with Gasteiger partial charge in [-0.25, -0.2) is 19.5 Å². The van der Waals surface area contributed by atoms with E-state index in [1.807, 2.05) is 6.07 Å². The van der Waals surface area contributed by atoms with Crippen molar-refractivity contribution in [2.75, 3.05) is 18.3 Å². The molecule has 0 amide bonds. The van der Waals surface area contributed by atoms with Gasteiger partial charge in [0.15, 0.2) is 35.4 Å². The molecule has 42 heavy (non-hydrogen) atoms. The Hall–Kier alpha value is -4.58. The van der Waals surface area contributed by atoms with Gasteiger partial charge in [-0.3, -0.25) is 28.6 Å². The van der Waals surface area contributed by atoms with Crippen LogP contribution in [0.3, 0.4) is 0 Å². The lowest BCUT2D eigenvalue weighted by Crippen LogP contribution is -2.40. The third-order valence-corrected chi connectivity index (χ3v) is 7.12. The summed E-state index contributed by atoms with van der Waals surface area (Å²) < 4.78 is 48.2. The van der Waals surface area contributed by atoms with Gasteiger partial charge in [0, 0.05) is 20.8 Å². The molecule has 3 heterocycles. The van der Waals surface area contributed by atoms with Gasteiger partial charge in [-0.05, 0) is 12.1 Å². The first-order valence-electron chi connectivity index (χ1n) is 12.6. The molecule has 222 valence electrons. The smallest absolute Gasteiger partial charge is 0.463 e. The maximum atomic E-state index is 13.7. The van der Waals surface area contributed by atoms with Gasteiger partial charge in [-0.1, -0.05) is 18.2 Å². The molecule has 0 saturated carbocycles. The summed E-state index contributed by atoms with van der Waals surface area (Å²) in [4.78, 5) is 48.1. The van der Waals surface area contributed by atoms with Gasteiger partial charge in [0.25, 0.3) is 0 Å². The Labute approximate surface area is 239 Å². The number of hydrogen-bond acceptors (Lipinski definition) is 14. The van der Waals surface area contributed by atoms with Crippen molar-refractivity contribution in [3.8, 4) is 11.8 Å². The third-order valence-electron chi connectivity index (χ3n) is 5.66. The third kappa shape index (κ3) is 7.38. The Morgan fingerprint density at radius 1 is 1.05 bits per heavy atom. The minimum Gasteiger partial charge on any atom is -0.463 e. The number of nitrogens with one attached hydrogen (secondary N) is 1. The largest absolute Gasteiger partial charge is 0.487 e. The van der Waals surface area contributed by atoms with Gasteiger partial charge < -0.3 is 23.5 Å². The highest BCUT2D eigenvalue weighted by Crippen LogP contribution is 2.48. The molecule has 0 aliphatic carbocycles. The molecule has 1 aromatic carbocycles. The summed E-state index contributed by atoms with van der Waals surface area (Å²) in [5.41, 5.74) is 0.253. The van der Waals surface area contributed by atoms with E-state index in [0.717, 1.165) is 6.33 Å². The van der Waals surface area contributed by atoms with E-state index in [1.54, 1.807) is 30.3 Å². The van der Waals surface area contributed by atoms with Crippen LogP contribution in [0, 0.1) is 11.3 Å². The molecule has 3 aromatic rings. The fourth-order valence-electron chi connectivity index (χ4n) is 4.08. The predicted molar refractivity (Wildman–Crippen MR) is 141 cm³/mol. The number of nitrogens with zero attached hydrogens (tertiary/aromatic N) is 5.